The second kappa shape index (κ2) is 10.2. The molecule has 0 aliphatic heterocycles. The average molecular weight is 358 g/mol. The molecule has 0 heterocycles. The lowest BCUT2D eigenvalue weighted by molar-refractivity contribution is 0.235. The van der Waals surface area contributed by atoms with Crippen LogP contribution in [0.3, 0.4) is 0 Å². The van der Waals surface area contributed by atoms with Gasteiger partial charge in [-0.25, -0.2) is 4.79 Å². The summed E-state index contributed by atoms with van der Waals surface area (Å²) < 4.78 is 16.2. The van der Waals surface area contributed by atoms with E-state index < -0.39 is 0 Å². The molecule has 2 N–H and O–H groups in total. The molecule has 0 fully saturated rings. The van der Waals surface area contributed by atoms with Crippen LogP contribution in [0, 0.1) is 6.92 Å². The molecule has 0 aliphatic carbocycles. The molecule has 26 heavy (non-hydrogen) atoms. The van der Waals surface area contributed by atoms with Crippen LogP contribution in [0.25, 0.3) is 0 Å². The molecule has 0 spiro atoms. The van der Waals surface area contributed by atoms with Crippen molar-refractivity contribution in [2.45, 2.75) is 13.3 Å². The Bertz CT molecular complexity index is 719. The highest BCUT2D eigenvalue weighted by molar-refractivity contribution is 5.73. The van der Waals surface area contributed by atoms with Crippen molar-refractivity contribution >= 4 is 6.03 Å². The van der Waals surface area contributed by atoms with E-state index in [1.807, 2.05) is 49.4 Å². The first-order valence-corrected chi connectivity index (χ1v) is 8.55. The van der Waals surface area contributed by atoms with Gasteiger partial charge in [0.1, 0.15) is 12.4 Å². The number of ether oxygens (including phenoxy) is 3. The molecule has 6 nitrogen and oxygen atoms in total. The largest absolute Gasteiger partial charge is 0.496 e. The Labute approximate surface area is 154 Å². The maximum atomic E-state index is 11.8. The van der Waals surface area contributed by atoms with Gasteiger partial charge in [-0.15, -0.1) is 0 Å². The minimum atomic E-state index is -0.223. The summed E-state index contributed by atoms with van der Waals surface area (Å²) >= 11 is 0. The third-order valence-electron chi connectivity index (χ3n) is 3.84. The zero-order valence-corrected chi connectivity index (χ0v) is 15.5. The van der Waals surface area contributed by atoms with E-state index in [4.69, 9.17) is 14.2 Å². The van der Waals surface area contributed by atoms with Gasteiger partial charge < -0.3 is 24.8 Å². The fourth-order valence-electron chi connectivity index (χ4n) is 2.50. The van der Waals surface area contributed by atoms with Gasteiger partial charge in [0.05, 0.1) is 20.8 Å². The molecule has 0 saturated carbocycles. The van der Waals surface area contributed by atoms with Gasteiger partial charge in [0.2, 0.25) is 0 Å². The number of benzene rings is 2. The van der Waals surface area contributed by atoms with Crippen molar-refractivity contribution in [3.8, 4) is 17.2 Å². The molecule has 2 aromatic rings. The standard InChI is InChI=1S/C20H26N2O4/c1-15-8-9-18(19(14-15)25-3)26-13-12-22-20(23)21-11-10-16-6-4-5-7-17(16)24-2/h4-9,14H,10-13H2,1-3H3,(H2,21,22,23). The van der Waals surface area contributed by atoms with Crippen LogP contribution >= 0.6 is 0 Å². The average Bonchev–Trinajstić information content (AvgIpc) is 2.66. The van der Waals surface area contributed by atoms with Gasteiger partial charge in [-0.1, -0.05) is 24.3 Å². The summed E-state index contributed by atoms with van der Waals surface area (Å²) in [5.74, 6) is 2.18. The van der Waals surface area contributed by atoms with Crippen LogP contribution in [0.4, 0.5) is 4.79 Å². The fourth-order valence-corrected chi connectivity index (χ4v) is 2.50. The van der Waals surface area contributed by atoms with Gasteiger partial charge in [0.25, 0.3) is 0 Å². The molecule has 0 radical (unpaired) electrons. The van der Waals surface area contributed by atoms with Crippen LogP contribution in [0.2, 0.25) is 0 Å². The first kappa shape index (κ1) is 19.4. The topological polar surface area (TPSA) is 68.8 Å². The number of hydrogen-bond donors (Lipinski definition) is 2. The van der Waals surface area contributed by atoms with Crippen molar-refractivity contribution in [1.82, 2.24) is 10.6 Å². The third-order valence-corrected chi connectivity index (χ3v) is 3.84. The van der Waals surface area contributed by atoms with E-state index in [0.717, 1.165) is 16.9 Å². The first-order chi connectivity index (χ1) is 12.6. The fraction of sp³-hybridized carbons (Fsp3) is 0.350. The summed E-state index contributed by atoms with van der Waals surface area (Å²) in [6.07, 6.45) is 0.703. The van der Waals surface area contributed by atoms with Crippen LogP contribution in [0.1, 0.15) is 11.1 Å². The highest BCUT2D eigenvalue weighted by Gasteiger charge is 2.06. The predicted molar refractivity (Wildman–Crippen MR) is 101 cm³/mol. The lowest BCUT2D eigenvalue weighted by atomic mass is 10.1. The Kier molecular flexibility index (Phi) is 7.61. The van der Waals surface area contributed by atoms with E-state index in [1.54, 1.807) is 14.2 Å². The number of carbonyl (C=O) groups is 1. The van der Waals surface area contributed by atoms with Crippen LogP contribution in [-0.2, 0) is 6.42 Å². The Morgan fingerprint density at radius 1 is 0.923 bits per heavy atom. The van der Waals surface area contributed by atoms with Gasteiger partial charge in [0.15, 0.2) is 11.5 Å². The quantitative estimate of drug-likeness (QED) is 0.676. The number of urea groups is 1. The van der Waals surface area contributed by atoms with Gasteiger partial charge in [-0.05, 0) is 42.7 Å². The Hall–Kier alpha value is -2.89. The van der Waals surface area contributed by atoms with Crippen molar-refractivity contribution in [2.75, 3.05) is 33.9 Å². The molecule has 6 heteroatoms. The molecule has 0 saturated heterocycles. The summed E-state index contributed by atoms with van der Waals surface area (Å²) in [6, 6.07) is 13.3. The third kappa shape index (κ3) is 5.88. The zero-order chi connectivity index (χ0) is 18.8. The molecule has 0 bridgehead atoms. The maximum Gasteiger partial charge on any atom is 0.314 e. The first-order valence-electron chi connectivity index (χ1n) is 8.55. The van der Waals surface area contributed by atoms with Crippen LogP contribution in [-0.4, -0.2) is 39.9 Å². The van der Waals surface area contributed by atoms with E-state index in [-0.39, 0.29) is 6.03 Å². The Morgan fingerprint density at radius 3 is 2.42 bits per heavy atom. The molecule has 0 atom stereocenters. The Balaban J connectivity index is 1.66. The van der Waals surface area contributed by atoms with Gasteiger partial charge >= 0.3 is 6.03 Å². The van der Waals surface area contributed by atoms with E-state index >= 15 is 0 Å². The highest BCUT2D eigenvalue weighted by Crippen LogP contribution is 2.27. The van der Waals surface area contributed by atoms with E-state index in [2.05, 4.69) is 10.6 Å². The van der Waals surface area contributed by atoms with Gasteiger partial charge in [0, 0.05) is 6.54 Å². The van der Waals surface area contributed by atoms with Crippen LogP contribution in [0.5, 0.6) is 17.2 Å². The number of methoxy groups -OCH3 is 2. The molecular formula is C20H26N2O4. The molecule has 0 aliphatic rings. The molecular weight excluding hydrogens is 332 g/mol. The van der Waals surface area contributed by atoms with Crippen molar-refractivity contribution < 1.29 is 19.0 Å². The highest BCUT2D eigenvalue weighted by atomic mass is 16.5. The van der Waals surface area contributed by atoms with Crippen molar-refractivity contribution in [1.29, 1.82) is 0 Å². The van der Waals surface area contributed by atoms with E-state index in [1.165, 1.54) is 0 Å². The van der Waals surface area contributed by atoms with Crippen molar-refractivity contribution in [2.24, 2.45) is 0 Å². The van der Waals surface area contributed by atoms with Crippen LogP contribution in [0.15, 0.2) is 42.5 Å². The minimum Gasteiger partial charge on any atom is -0.496 e. The number of hydrogen-bond acceptors (Lipinski definition) is 4. The summed E-state index contributed by atoms with van der Waals surface area (Å²) in [7, 11) is 3.25. The second-order valence-electron chi connectivity index (χ2n) is 5.75. The molecule has 140 valence electrons. The normalized spacial score (nSPS) is 10.1. The number of para-hydroxylation sites is 1. The van der Waals surface area contributed by atoms with Crippen molar-refractivity contribution in [3.05, 3.63) is 53.6 Å². The number of carbonyl (C=O) groups excluding carboxylic acids is 1. The monoisotopic (exact) mass is 358 g/mol. The molecule has 2 rings (SSSR count). The minimum absolute atomic E-state index is 0.223. The number of aryl methyl sites for hydroxylation is 1. The number of rotatable bonds is 9. The second-order valence-corrected chi connectivity index (χ2v) is 5.75. The van der Waals surface area contributed by atoms with Gasteiger partial charge in [-0.2, -0.15) is 0 Å². The van der Waals surface area contributed by atoms with E-state index in [0.29, 0.717) is 37.6 Å². The van der Waals surface area contributed by atoms with Crippen LogP contribution < -0.4 is 24.8 Å². The smallest absolute Gasteiger partial charge is 0.314 e. The molecule has 0 unspecified atom stereocenters. The molecule has 0 aromatic heterocycles. The molecule has 2 aromatic carbocycles. The predicted octanol–water partition coefficient (Wildman–Crippen LogP) is 2.93. The summed E-state index contributed by atoms with van der Waals surface area (Å²) in [6.45, 7) is 3.28. The number of nitrogens with one attached hydrogen (secondary N) is 2. The molecule has 2 amide bonds. The summed E-state index contributed by atoms with van der Waals surface area (Å²) in [4.78, 5) is 11.8. The lowest BCUT2D eigenvalue weighted by Gasteiger charge is -2.12. The lowest BCUT2D eigenvalue weighted by Crippen LogP contribution is -2.38. The maximum absolute atomic E-state index is 11.8. The summed E-state index contributed by atoms with van der Waals surface area (Å²) in [5, 5.41) is 5.59. The summed E-state index contributed by atoms with van der Waals surface area (Å²) in [5.41, 5.74) is 2.16. The van der Waals surface area contributed by atoms with E-state index in [9.17, 15) is 4.79 Å². The Morgan fingerprint density at radius 2 is 1.65 bits per heavy atom. The van der Waals surface area contributed by atoms with Gasteiger partial charge in [-0.3, -0.25) is 0 Å². The SMILES string of the molecule is COc1ccccc1CCNC(=O)NCCOc1ccc(C)cc1OC. The number of amides is 2. The zero-order valence-electron chi connectivity index (χ0n) is 15.5. The van der Waals surface area contributed by atoms with Crippen molar-refractivity contribution in [3.63, 3.8) is 0 Å².